The third kappa shape index (κ3) is 5.25. The number of aliphatic carboxylic acids is 1. The van der Waals surface area contributed by atoms with Crippen LogP contribution in [0.25, 0.3) is 0 Å². The summed E-state index contributed by atoms with van der Waals surface area (Å²) in [6.07, 6.45) is 1.11. The van der Waals surface area contributed by atoms with Gasteiger partial charge < -0.3 is 21.5 Å². The second-order valence-corrected chi connectivity index (χ2v) is 7.37. The monoisotopic (exact) mass is 432 g/mol. The van der Waals surface area contributed by atoms with Gasteiger partial charge in [0, 0.05) is 24.2 Å². The Hall–Kier alpha value is -3.31. The molecule has 11 heteroatoms. The molecule has 2 rings (SSSR count). The van der Waals surface area contributed by atoms with Gasteiger partial charge in [-0.25, -0.2) is 0 Å². The van der Waals surface area contributed by atoms with Crippen LogP contribution in [0.3, 0.4) is 0 Å². The molecule has 7 N–H and O–H groups in total. The van der Waals surface area contributed by atoms with Crippen LogP contribution in [0.15, 0.2) is 24.3 Å². The lowest BCUT2D eigenvalue weighted by Crippen LogP contribution is -2.73. The highest BCUT2D eigenvalue weighted by molar-refractivity contribution is 6.11. The van der Waals surface area contributed by atoms with Crippen LogP contribution < -0.4 is 16.9 Å². The molecule has 1 saturated heterocycles. The third-order valence-corrected chi connectivity index (χ3v) is 5.29. The summed E-state index contributed by atoms with van der Waals surface area (Å²) in [5, 5.41) is 17.9. The molecule has 1 aromatic rings. The van der Waals surface area contributed by atoms with Crippen molar-refractivity contribution in [2.45, 2.75) is 31.7 Å². The largest absolute Gasteiger partial charge is 0.480 e. The molecule has 2 amide bonds. The van der Waals surface area contributed by atoms with E-state index in [9.17, 15) is 19.2 Å². The van der Waals surface area contributed by atoms with Gasteiger partial charge in [0.15, 0.2) is 11.3 Å². The molecule has 0 aromatic heterocycles. The van der Waals surface area contributed by atoms with E-state index >= 15 is 0 Å². The number of amidine groups is 1. The van der Waals surface area contributed by atoms with Gasteiger partial charge in [-0.2, -0.15) is 5.01 Å². The number of rotatable bonds is 10. The van der Waals surface area contributed by atoms with Crippen LogP contribution in [-0.2, 0) is 14.4 Å². The number of nitrogens with zero attached hydrogens (tertiary/aromatic N) is 2. The topological polar surface area (TPSA) is 183 Å². The van der Waals surface area contributed by atoms with Crippen molar-refractivity contribution in [3.05, 3.63) is 35.4 Å². The molecule has 1 fully saturated rings. The number of nitrogen functional groups attached to an aromatic ring is 1. The van der Waals surface area contributed by atoms with Crippen molar-refractivity contribution in [2.24, 2.45) is 11.5 Å². The Labute approximate surface area is 179 Å². The number of hydrogen-bond donors (Lipinski definition) is 5. The van der Waals surface area contributed by atoms with Gasteiger partial charge in [0.1, 0.15) is 12.4 Å². The van der Waals surface area contributed by atoms with E-state index in [-0.39, 0.29) is 30.9 Å². The average Bonchev–Trinajstić information content (AvgIpc) is 2.71. The minimum atomic E-state index is -1.71. The molecule has 31 heavy (non-hydrogen) atoms. The summed E-state index contributed by atoms with van der Waals surface area (Å²) < 4.78 is 0. The highest BCUT2D eigenvalue weighted by atomic mass is 16.4. The highest BCUT2D eigenvalue weighted by Gasteiger charge is 2.53. The number of nitrogens with one attached hydrogen (secondary N) is 2. The minimum absolute atomic E-state index is 0.0423. The number of hydrogen-bond acceptors (Lipinski definition) is 7. The zero-order chi connectivity index (χ0) is 23.2. The van der Waals surface area contributed by atoms with E-state index in [1.807, 2.05) is 0 Å². The summed E-state index contributed by atoms with van der Waals surface area (Å²) in [6, 6.07) is 6.01. The molecule has 0 saturated carbocycles. The highest BCUT2D eigenvalue weighted by Crippen LogP contribution is 2.29. The number of Topliss-reactive ketones (excluding diaryl/α,β-unsaturated/α-hetero) is 1. The molecule has 0 bridgehead atoms. The van der Waals surface area contributed by atoms with Gasteiger partial charge in [0.2, 0.25) is 0 Å². The summed E-state index contributed by atoms with van der Waals surface area (Å²) in [5.41, 5.74) is 12.6. The van der Waals surface area contributed by atoms with Crippen molar-refractivity contribution in [3.8, 4) is 0 Å². The van der Waals surface area contributed by atoms with Crippen LogP contribution in [0, 0.1) is 5.41 Å². The summed E-state index contributed by atoms with van der Waals surface area (Å²) in [7, 11) is 0. The molecule has 1 aliphatic heterocycles. The van der Waals surface area contributed by atoms with Crippen molar-refractivity contribution >= 4 is 29.4 Å². The van der Waals surface area contributed by atoms with Gasteiger partial charge >= 0.3 is 5.97 Å². The predicted molar refractivity (Wildman–Crippen MR) is 112 cm³/mol. The van der Waals surface area contributed by atoms with E-state index in [0.29, 0.717) is 24.9 Å². The fraction of sp³-hybridized carbons (Fsp3) is 0.450. The van der Waals surface area contributed by atoms with Gasteiger partial charge in [0.25, 0.3) is 11.8 Å². The number of unbranched alkanes of at least 4 members (excludes halogenated alkanes) is 1. The molecule has 0 radical (unpaired) electrons. The van der Waals surface area contributed by atoms with Crippen molar-refractivity contribution in [2.75, 3.05) is 26.2 Å². The number of benzene rings is 1. The lowest BCUT2D eigenvalue weighted by molar-refractivity contribution is -0.165. The molecule has 1 aliphatic rings. The van der Waals surface area contributed by atoms with E-state index in [2.05, 4.69) is 5.43 Å². The van der Waals surface area contributed by atoms with Crippen molar-refractivity contribution < 1.29 is 24.3 Å². The van der Waals surface area contributed by atoms with Crippen LogP contribution in [-0.4, -0.2) is 76.1 Å². The zero-order valence-electron chi connectivity index (χ0n) is 17.4. The molecular weight excluding hydrogens is 404 g/mol. The van der Waals surface area contributed by atoms with Crippen LogP contribution in [0.5, 0.6) is 0 Å². The average molecular weight is 432 g/mol. The number of ketones is 1. The second kappa shape index (κ2) is 10.1. The Kier molecular flexibility index (Phi) is 7.83. The molecule has 11 nitrogen and oxygen atoms in total. The number of amides is 2. The molecular formula is C20H28N6O5. The van der Waals surface area contributed by atoms with Gasteiger partial charge in [0.05, 0.1) is 0 Å². The number of carboxylic acid groups (broad SMARTS) is 1. The van der Waals surface area contributed by atoms with Gasteiger partial charge in [-0.05, 0) is 44.9 Å². The number of piperazine rings is 1. The summed E-state index contributed by atoms with van der Waals surface area (Å²) >= 11 is 0. The lowest BCUT2D eigenvalue weighted by Gasteiger charge is -2.47. The number of carbonyl (C=O) groups excluding carboxylic acids is 3. The lowest BCUT2D eigenvalue weighted by atomic mass is 9.84. The molecule has 0 unspecified atom stereocenters. The first-order valence-electron chi connectivity index (χ1n) is 9.89. The van der Waals surface area contributed by atoms with Gasteiger partial charge in [-0.15, -0.1) is 0 Å². The summed E-state index contributed by atoms with van der Waals surface area (Å²) in [5.74, 6) is -3.01. The Balaban J connectivity index is 2.34. The fourth-order valence-electron chi connectivity index (χ4n) is 3.63. The maximum Gasteiger partial charge on any atom is 0.323 e. The summed E-state index contributed by atoms with van der Waals surface area (Å²) in [6.45, 7) is 1.22. The Morgan fingerprint density at radius 3 is 2.29 bits per heavy atom. The fourth-order valence-corrected chi connectivity index (χ4v) is 3.63. The van der Waals surface area contributed by atoms with E-state index in [1.165, 1.54) is 36.2 Å². The smallest absolute Gasteiger partial charge is 0.323 e. The van der Waals surface area contributed by atoms with Crippen molar-refractivity contribution in [3.63, 3.8) is 0 Å². The zero-order valence-corrected chi connectivity index (χ0v) is 17.4. The Morgan fingerprint density at radius 2 is 1.77 bits per heavy atom. The molecule has 0 spiro atoms. The first-order chi connectivity index (χ1) is 14.6. The Morgan fingerprint density at radius 1 is 1.16 bits per heavy atom. The summed E-state index contributed by atoms with van der Waals surface area (Å²) in [4.78, 5) is 51.1. The normalized spacial score (nSPS) is 19.2. The van der Waals surface area contributed by atoms with E-state index in [0.717, 1.165) is 4.90 Å². The molecule has 168 valence electrons. The van der Waals surface area contributed by atoms with Crippen molar-refractivity contribution in [1.82, 2.24) is 15.3 Å². The first kappa shape index (κ1) is 24.0. The Bertz CT molecular complexity index is 871. The number of carbonyl (C=O) groups is 4. The van der Waals surface area contributed by atoms with Crippen molar-refractivity contribution in [1.29, 1.82) is 5.41 Å². The number of hydrazine groups is 1. The molecule has 1 heterocycles. The number of carboxylic acids is 1. The second-order valence-electron chi connectivity index (χ2n) is 7.37. The maximum absolute atomic E-state index is 13.2. The first-order valence-corrected chi connectivity index (χ1v) is 9.89. The third-order valence-electron chi connectivity index (χ3n) is 5.29. The predicted octanol–water partition coefficient (Wildman–Crippen LogP) is -0.699. The maximum atomic E-state index is 13.2. The van der Waals surface area contributed by atoms with Crippen LogP contribution in [0.2, 0.25) is 0 Å². The van der Waals surface area contributed by atoms with E-state index < -0.39 is 35.7 Å². The van der Waals surface area contributed by atoms with Crippen LogP contribution >= 0.6 is 0 Å². The van der Waals surface area contributed by atoms with Crippen LogP contribution in [0.4, 0.5) is 0 Å². The SMILES string of the molecule is CC(=O)[C@@]1(CCCCN)C(=O)N(CC(=O)O)CCN1NC(=O)c1ccc(C(=N)N)cc1. The number of nitrogens with two attached hydrogens (primary N) is 2. The minimum Gasteiger partial charge on any atom is -0.480 e. The molecule has 1 aromatic carbocycles. The van der Waals surface area contributed by atoms with E-state index in [1.54, 1.807) is 0 Å². The van der Waals surface area contributed by atoms with Crippen LogP contribution in [0.1, 0.15) is 42.1 Å². The van der Waals surface area contributed by atoms with Gasteiger partial charge in [-0.1, -0.05) is 12.1 Å². The molecule has 1 atom stereocenters. The standard InChI is InChI=1S/C20H28N6O5/c1-13(27)20(8-2-3-9-21)19(31)25(12-16(28)29)10-11-26(20)24-18(30)15-6-4-14(5-7-15)17(22)23/h4-7H,2-3,8-12,21H2,1H3,(H3,22,23)(H,24,30)(H,28,29)/t20-/m0/s1. The van der Waals surface area contributed by atoms with Gasteiger partial charge in [-0.3, -0.25) is 30.0 Å². The quantitative estimate of drug-likeness (QED) is 0.139. The molecule has 0 aliphatic carbocycles. The van der Waals surface area contributed by atoms with E-state index in [4.69, 9.17) is 22.0 Å².